The fourth-order valence-electron chi connectivity index (χ4n) is 3.18. The van der Waals surface area contributed by atoms with E-state index in [9.17, 15) is 0 Å². The lowest BCUT2D eigenvalue weighted by molar-refractivity contribution is 0.489. The molecule has 0 aliphatic rings. The summed E-state index contributed by atoms with van der Waals surface area (Å²) in [4.78, 5) is 0. The monoisotopic (exact) mass is 344 g/mol. The van der Waals surface area contributed by atoms with Crippen LogP contribution in [0.3, 0.4) is 0 Å². The molecule has 2 atom stereocenters. The number of hydrogen-bond donors (Lipinski definition) is 0. The van der Waals surface area contributed by atoms with Gasteiger partial charge >= 0.3 is 0 Å². The van der Waals surface area contributed by atoms with E-state index >= 15 is 0 Å². The van der Waals surface area contributed by atoms with Crippen LogP contribution in [-0.4, -0.2) is 6.71 Å². The van der Waals surface area contributed by atoms with E-state index in [-0.39, 0.29) is 0 Å². The van der Waals surface area contributed by atoms with Gasteiger partial charge in [-0.3, -0.25) is 0 Å². The van der Waals surface area contributed by atoms with Crippen molar-refractivity contribution < 1.29 is 0 Å². The molecule has 0 aliphatic heterocycles. The second kappa shape index (κ2) is 14.5. The summed E-state index contributed by atoms with van der Waals surface area (Å²) in [5, 5.41) is 0. The molecule has 0 fully saturated rings. The quantitative estimate of drug-likeness (QED) is 0.191. The van der Waals surface area contributed by atoms with E-state index in [1.807, 2.05) is 0 Å². The Morgan fingerprint density at radius 1 is 0.840 bits per heavy atom. The maximum Gasteiger partial charge on any atom is 0.262 e. The zero-order valence-electron chi connectivity index (χ0n) is 18.6. The maximum absolute atomic E-state index is 3.72. The van der Waals surface area contributed by atoms with Crippen molar-refractivity contribution in [2.24, 2.45) is 17.8 Å². The average molecular weight is 344 g/mol. The molecule has 0 radical (unpaired) electrons. The Bertz CT molecular complexity index is 408. The van der Waals surface area contributed by atoms with Crippen LogP contribution in [0.25, 0.3) is 0 Å². The molecular weight excluding hydrogens is 299 g/mol. The van der Waals surface area contributed by atoms with E-state index < -0.39 is 0 Å². The molecule has 0 nitrogen and oxygen atoms in total. The van der Waals surface area contributed by atoms with Crippen molar-refractivity contribution in [3.8, 4) is 11.7 Å². The van der Waals surface area contributed by atoms with Crippen LogP contribution >= 0.6 is 0 Å². The van der Waals surface area contributed by atoms with Gasteiger partial charge in [-0.25, -0.2) is 0 Å². The van der Waals surface area contributed by atoms with E-state index in [2.05, 4.69) is 73.2 Å². The Morgan fingerprint density at radius 3 is 2.00 bits per heavy atom. The van der Waals surface area contributed by atoms with Crippen molar-refractivity contribution in [3.05, 3.63) is 11.5 Å². The third-order valence-electron chi connectivity index (χ3n) is 5.81. The number of unbranched alkanes of at least 4 members (excludes halogenated alkanes) is 6. The highest BCUT2D eigenvalue weighted by Crippen LogP contribution is 2.31. The van der Waals surface area contributed by atoms with Crippen LogP contribution in [0.15, 0.2) is 11.5 Å². The van der Waals surface area contributed by atoms with Gasteiger partial charge in [0.2, 0.25) is 0 Å². The van der Waals surface area contributed by atoms with Crippen molar-refractivity contribution >= 4 is 6.71 Å². The van der Waals surface area contributed by atoms with Crippen LogP contribution < -0.4 is 0 Å². The smallest absolute Gasteiger partial charge is 0.149 e. The molecule has 0 aromatic carbocycles. The Morgan fingerprint density at radius 2 is 1.48 bits per heavy atom. The molecule has 0 heterocycles. The second-order valence-electron chi connectivity index (χ2n) is 8.59. The van der Waals surface area contributed by atoms with Crippen molar-refractivity contribution in [2.45, 2.75) is 113 Å². The molecule has 2 unspecified atom stereocenters. The van der Waals surface area contributed by atoms with Gasteiger partial charge in [-0.05, 0) is 36.4 Å². The van der Waals surface area contributed by atoms with E-state index in [4.69, 9.17) is 0 Å². The van der Waals surface area contributed by atoms with Gasteiger partial charge in [-0.2, -0.15) is 0 Å². The van der Waals surface area contributed by atoms with Gasteiger partial charge in [-0.15, -0.1) is 11.7 Å². The van der Waals surface area contributed by atoms with Crippen LogP contribution in [0.1, 0.15) is 107 Å². The summed E-state index contributed by atoms with van der Waals surface area (Å²) in [5.74, 6) is 9.88. The van der Waals surface area contributed by atoms with Gasteiger partial charge in [0.05, 0.1) is 0 Å². The molecular formula is C24H45B. The Labute approximate surface area is 160 Å². The summed E-state index contributed by atoms with van der Waals surface area (Å²) >= 11 is 0. The van der Waals surface area contributed by atoms with E-state index in [0.717, 1.165) is 6.42 Å². The molecule has 25 heavy (non-hydrogen) atoms. The van der Waals surface area contributed by atoms with Crippen LogP contribution in [0.4, 0.5) is 0 Å². The summed E-state index contributed by atoms with van der Waals surface area (Å²) in [7, 11) is 0. The van der Waals surface area contributed by atoms with Gasteiger partial charge in [0.25, 0.3) is 6.71 Å². The normalized spacial score (nSPS) is 14.4. The standard InChI is InChI=1S/C24H45B/c1-9-11-13-14-15-17-19-25(23(8)21(5)6)24(18-16-12-10-2)22(7)20(3)4/h18,20-23H,9-16H2,1-8H3/b24-18-. The highest BCUT2D eigenvalue weighted by atomic mass is 14.2. The highest BCUT2D eigenvalue weighted by Gasteiger charge is 2.30. The molecule has 0 saturated carbocycles. The number of rotatable bonds is 12. The van der Waals surface area contributed by atoms with Crippen molar-refractivity contribution in [1.82, 2.24) is 0 Å². The topological polar surface area (TPSA) is 0 Å². The summed E-state index contributed by atoms with van der Waals surface area (Å²) in [5.41, 5.74) is 1.62. The second-order valence-corrected chi connectivity index (χ2v) is 8.59. The molecule has 144 valence electrons. The van der Waals surface area contributed by atoms with Crippen molar-refractivity contribution in [1.29, 1.82) is 0 Å². The number of hydrogen-bond acceptors (Lipinski definition) is 0. The lowest BCUT2D eigenvalue weighted by atomic mass is 9.33. The lowest BCUT2D eigenvalue weighted by Gasteiger charge is -2.28. The summed E-state index contributed by atoms with van der Waals surface area (Å²) in [6.07, 6.45) is 12.6. The number of allylic oxidation sites excluding steroid dienone is 2. The van der Waals surface area contributed by atoms with Gasteiger partial charge in [0, 0.05) is 6.42 Å². The molecule has 0 bridgehead atoms. The molecule has 0 aromatic heterocycles. The molecule has 0 N–H and O–H groups in total. The minimum absolute atomic E-state index is 0.431. The van der Waals surface area contributed by atoms with Crippen LogP contribution in [-0.2, 0) is 0 Å². The Kier molecular flexibility index (Phi) is 14.2. The first-order valence-corrected chi connectivity index (χ1v) is 11.0. The molecule has 0 saturated heterocycles. The van der Waals surface area contributed by atoms with Gasteiger partial charge in [0.1, 0.15) is 0 Å². The van der Waals surface area contributed by atoms with E-state index in [1.165, 1.54) is 44.9 Å². The van der Waals surface area contributed by atoms with E-state index in [1.54, 1.807) is 5.47 Å². The first kappa shape index (κ1) is 24.4. The first-order valence-electron chi connectivity index (χ1n) is 11.0. The third kappa shape index (κ3) is 10.2. The fraction of sp³-hybridized carbons (Fsp3) is 0.833. The van der Waals surface area contributed by atoms with E-state index in [0.29, 0.717) is 30.3 Å². The van der Waals surface area contributed by atoms with Crippen LogP contribution in [0, 0.1) is 29.5 Å². The van der Waals surface area contributed by atoms with Crippen molar-refractivity contribution in [2.75, 3.05) is 0 Å². The molecule has 0 aliphatic carbocycles. The predicted molar refractivity (Wildman–Crippen MR) is 118 cm³/mol. The van der Waals surface area contributed by atoms with Gasteiger partial charge < -0.3 is 0 Å². The zero-order chi connectivity index (χ0) is 19.2. The molecule has 1 heteroatoms. The SMILES string of the molecule is CCCC/C=C(\B(C#CCCCCCC)C(C)C(C)C)C(C)C(C)C. The molecule has 0 rings (SSSR count). The third-order valence-corrected chi connectivity index (χ3v) is 5.81. The molecule has 0 amide bonds. The summed E-state index contributed by atoms with van der Waals surface area (Å²) in [6.45, 7) is 19.2. The van der Waals surface area contributed by atoms with Crippen LogP contribution in [0.2, 0.25) is 5.82 Å². The minimum Gasteiger partial charge on any atom is -0.149 e. The first-order chi connectivity index (χ1) is 11.9. The lowest BCUT2D eigenvalue weighted by Crippen LogP contribution is -2.29. The maximum atomic E-state index is 3.72. The van der Waals surface area contributed by atoms with Crippen LogP contribution in [0.5, 0.6) is 0 Å². The van der Waals surface area contributed by atoms with Gasteiger partial charge in [-0.1, -0.05) is 99.0 Å². The Balaban J connectivity index is 5.33. The summed E-state index contributed by atoms with van der Waals surface area (Å²) < 4.78 is 0. The molecule has 0 aromatic rings. The largest absolute Gasteiger partial charge is 0.262 e. The van der Waals surface area contributed by atoms with Crippen molar-refractivity contribution in [3.63, 3.8) is 0 Å². The van der Waals surface area contributed by atoms with Gasteiger partial charge in [0.15, 0.2) is 0 Å². The Hall–Kier alpha value is -0.635. The highest BCUT2D eigenvalue weighted by molar-refractivity contribution is 6.76. The fourth-order valence-corrected chi connectivity index (χ4v) is 3.18. The predicted octanol–water partition coefficient (Wildman–Crippen LogP) is 7.99. The minimum atomic E-state index is 0.431. The molecule has 0 spiro atoms. The summed E-state index contributed by atoms with van der Waals surface area (Å²) in [6, 6.07) is 0. The average Bonchev–Trinajstić information content (AvgIpc) is 2.57. The zero-order valence-corrected chi connectivity index (χ0v) is 18.6.